The molecule has 7 heteroatoms. The van der Waals surface area contributed by atoms with Crippen molar-refractivity contribution >= 4 is 34.8 Å². The lowest BCUT2D eigenvalue weighted by Gasteiger charge is -2.11. The van der Waals surface area contributed by atoms with E-state index in [1.807, 2.05) is 32.0 Å². The number of para-hydroxylation sites is 1. The number of aryl methyl sites for hydroxylation is 2. The van der Waals surface area contributed by atoms with E-state index in [1.165, 1.54) is 0 Å². The van der Waals surface area contributed by atoms with Gasteiger partial charge in [-0.1, -0.05) is 46.6 Å². The van der Waals surface area contributed by atoms with E-state index in [-0.39, 0.29) is 12.3 Å². The molecule has 2 aromatic carbocycles. The SMILES string of the molecule is Cc1cccc(OCc2c(C(=O)Nc3c(Cl)cccc3Cl)noc2C)c1C. The van der Waals surface area contributed by atoms with Crippen LogP contribution in [-0.4, -0.2) is 11.1 Å². The molecule has 1 N–H and O–H groups in total. The van der Waals surface area contributed by atoms with Crippen LogP contribution in [0, 0.1) is 20.8 Å². The van der Waals surface area contributed by atoms with Crippen LogP contribution in [-0.2, 0) is 6.61 Å². The summed E-state index contributed by atoms with van der Waals surface area (Å²) in [6, 6.07) is 10.8. The number of amides is 1. The van der Waals surface area contributed by atoms with Crippen LogP contribution < -0.4 is 10.1 Å². The Morgan fingerprint density at radius 1 is 1.11 bits per heavy atom. The first kappa shape index (κ1) is 19.3. The predicted molar refractivity (Wildman–Crippen MR) is 106 cm³/mol. The second kappa shape index (κ2) is 8.03. The number of aromatic nitrogens is 1. The Morgan fingerprint density at radius 3 is 2.48 bits per heavy atom. The Labute approximate surface area is 167 Å². The maximum absolute atomic E-state index is 12.7. The minimum Gasteiger partial charge on any atom is -0.488 e. The molecule has 0 aliphatic carbocycles. The minimum absolute atomic E-state index is 0.133. The first-order valence-corrected chi connectivity index (χ1v) is 9.03. The first-order valence-electron chi connectivity index (χ1n) is 8.28. The predicted octanol–water partition coefficient (Wildman–Crippen LogP) is 5.74. The molecule has 5 nitrogen and oxygen atoms in total. The quantitative estimate of drug-likeness (QED) is 0.588. The molecule has 0 aliphatic rings. The second-order valence-corrected chi connectivity index (χ2v) is 6.92. The normalized spacial score (nSPS) is 10.7. The average molecular weight is 405 g/mol. The molecule has 0 saturated heterocycles. The zero-order valence-electron chi connectivity index (χ0n) is 15.1. The number of nitrogens with one attached hydrogen (secondary N) is 1. The number of nitrogens with zero attached hydrogens (tertiary/aromatic N) is 1. The van der Waals surface area contributed by atoms with E-state index < -0.39 is 5.91 Å². The number of halogens is 2. The largest absolute Gasteiger partial charge is 0.488 e. The van der Waals surface area contributed by atoms with Crippen LogP contribution >= 0.6 is 23.2 Å². The fourth-order valence-corrected chi connectivity index (χ4v) is 3.05. The lowest BCUT2D eigenvalue weighted by atomic mass is 10.1. The molecule has 0 aliphatic heterocycles. The third-order valence-corrected chi connectivity index (χ3v) is 4.96. The van der Waals surface area contributed by atoms with E-state index in [0.717, 1.165) is 16.9 Å². The molecule has 1 aromatic heterocycles. The molecular formula is C20H18Cl2N2O3. The summed E-state index contributed by atoms with van der Waals surface area (Å²) < 4.78 is 11.1. The van der Waals surface area contributed by atoms with Gasteiger partial charge in [0.2, 0.25) is 0 Å². The topological polar surface area (TPSA) is 64.4 Å². The summed E-state index contributed by atoms with van der Waals surface area (Å²) in [6.07, 6.45) is 0. The molecule has 140 valence electrons. The number of ether oxygens (including phenoxy) is 1. The van der Waals surface area contributed by atoms with Crippen molar-refractivity contribution in [2.45, 2.75) is 27.4 Å². The fraction of sp³-hybridized carbons (Fsp3) is 0.200. The van der Waals surface area contributed by atoms with E-state index in [2.05, 4.69) is 10.5 Å². The number of carbonyl (C=O) groups excluding carboxylic acids is 1. The highest BCUT2D eigenvalue weighted by molar-refractivity contribution is 6.40. The van der Waals surface area contributed by atoms with Gasteiger partial charge in [0, 0.05) is 0 Å². The molecule has 3 rings (SSSR count). The number of benzene rings is 2. The van der Waals surface area contributed by atoms with Gasteiger partial charge in [0.05, 0.1) is 21.3 Å². The second-order valence-electron chi connectivity index (χ2n) is 6.10. The number of rotatable bonds is 5. The van der Waals surface area contributed by atoms with Gasteiger partial charge in [-0.3, -0.25) is 4.79 Å². The van der Waals surface area contributed by atoms with Gasteiger partial charge < -0.3 is 14.6 Å². The van der Waals surface area contributed by atoms with Crippen LogP contribution in [0.3, 0.4) is 0 Å². The minimum atomic E-state index is -0.471. The van der Waals surface area contributed by atoms with Gasteiger partial charge in [-0.2, -0.15) is 0 Å². The maximum atomic E-state index is 12.7. The van der Waals surface area contributed by atoms with E-state index >= 15 is 0 Å². The van der Waals surface area contributed by atoms with Crippen LogP contribution in [0.5, 0.6) is 5.75 Å². The van der Waals surface area contributed by atoms with Crippen LogP contribution in [0.25, 0.3) is 0 Å². The van der Waals surface area contributed by atoms with Crippen molar-refractivity contribution in [2.24, 2.45) is 0 Å². The summed E-state index contributed by atoms with van der Waals surface area (Å²) in [5.74, 6) is 0.785. The summed E-state index contributed by atoms with van der Waals surface area (Å²) in [7, 11) is 0. The van der Waals surface area contributed by atoms with Crippen molar-refractivity contribution in [3.63, 3.8) is 0 Å². The standard InChI is InChI=1S/C20H18Cl2N2O3/c1-11-6-4-9-17(12(11)2)26-10-14-13(3)27-24-18(14)20(25)23-19-15(21)7-5-8-16(19)22/h4-9H,10H2,1-3H3,(H,23,25). The zero-order valence-corrected chi connectivity index (χ0v) is 16.6. The lowest BCUT2D eigenvalue weighted by Crippen LogP contribution is -2.16. The molecule has 0 fully saturated rings. The zero-order chi connectivity index (χ0) is 19.6. The molecular weight excluding hydrogens is 387 g/mol. The van der Waals surface area contributed by atoms with Gasteiger partial charge in [-0.15, -0.1) is 0 Å². The number of anilines is 1. The van der Waals surface area contributed by atoms with Gasteiger partial charge >= 0.3 is 0 Å². The number of hydrogen-bond acceptors (Lipinski definition) is 4. The molecule has 0 radical (unpaired) electrons. The van der Waals surface area contributed by atoms with Crippen molar-refractivity contribution in [2.75, 3.05) is 5.32 Å². The van der Waals surface area contributed by atoms with Crippen LogP contribution in [0.4, 0.5) is 5.69 Å². The Balaban J connectivity index is 1.82. The Hall–Kier alpha value is -2.50. The molecule has 0 saturated carbocycles. The number of carbonyl (C=O) groups is 1. The summed E-state index contributed by atoms with van der Waals surface area (Å²) in [5.41, 5.74) is 3.19. The Kier molecular flexibility index (Phi) is 5.73. The van der Waals surface area contributed by atoms with Gasteiger partial charge in [0.1, 0.15) is 18.1 Å². The molecule has 27 heavy (non-hydrogen) atoms. The fourth-order valence-electron chi connectivity index (χ4n) is 2.56. The number of hydrogen-bond donors (Lipinski definition) is 1. The highest BCUT2D eigenvalue weighted by atomic mass is 35.5. The Bertz CT molecular complexity index is 979. The van der Waals surface area contributed by atoms with Crippen LogP contribution in [0.15, 0.2) is 40.9 Å². The van der Waals surface area contributed by atoms with Gasteiger partial charge in [0.15, 0.2) is 5.69 Å². The van der Waals surface area contributed by atoms with Crippen LogP contribution in [0.1, 0.15) is 32.9 Å². The van der Waals surface area contributed by atoms with Crippen molar-refractivity contribution < 1.29 is 14.1 Å². The van der Waals surface area contributed by atoms with Gasteiger partial charge in [-0.25, -0.2) is 0 Å². The highest BCUT2D eigenvalue weighted by Crippen LogP contribution is 2.31. The average Bonchev–Trinajstić information content (AvgIpc) is 3.00. The van der Waals surface area contributed by atoms with Crippen molar-refractivity contribution in [3.8, 4) is 5.75 Å². The lowest BCUT2D eigenvalue weighted by molar-refractivity contribution is 0.101. The van der Waals surface area contributed by atoms with Crippen LogP contribution in [0.2, 0.25) is 10.0 Å². The Morgan fingerprint density at radius 2 is 1.78 bits per heavy atom. The highest BCUT2D eigenvalue weighted by Gasteiger charge is 2.22. The molecule has 0 atom stereocenters. The molecule has 3 aromatic rings. The molecule has 1 amide bonds. The third kappa shape index (κ3) is 4.10. The van der Waals surface area contributed by atoms with Crippen molar-refractivity contribution in [1.82, 2.24) is 5.16 Å². The molecule has 0 unspecified atom stereocenters. The first-order chi connectivity index (χ1) is 12.9. The summed E-state index contributed by atoms with van der Waals surface area (Å²) >= 11 is 12.2. The van der Waals surface area contributed by atoms with Crippen molar-refractivity contribution in [1.29, 1.82) is 0 Å². The smallest absolute Gasteiger partial charge is 0.278 e. The third-order valence-electron chi connectivity index (χ3n) is 4.33. The summed E-state index contributed by atoms with van der Waals surface area (Å²) in [4.78, 5) is 12.7. The van der Waals surface area contributed by atoms with E-state index in [4.69, 9.17) is 32.5 Å². The van der Waals surface area contributed by atoms with Gasteiger partial charge in [0.25, 0.3) is 5.91 Å². The monoisotopic (exact) mass is 404 g/mol. The van der Waals surface area contributed by atoms with Gasteiger partial charge in [-0.05, 0) is 50.1 Å². The molecule has 0 spiro atoms. The maximum Gasteiger partial charge on any atom is 0.278 e. The summed E-state index contributed by atoms with van der Waals surface area (Å²) in [5, 5.41) is 7.23. The molecule has 0 bridgehead atoms. The van der Waals surface area contributed by atoms with E-state index in [0.29, 0.717) is 27.1 Å². The molecule has 1 heterocycles. The van der Waals surface area contributed by atoms with E-state index in [1.54, 1.807) is 25.1 Å². The summed E-state index contributed by atoms with van der Waals surface area (Å²) in [6.45, 7) is 5.88. The van der Waals surface area contributed by atoms with E-state index in [9.17, 15) is 4.79 Å². The van der Waals surface area contributed by atoms with Crippen molar-refractivity contribution in [3.05, 3.63) is 74.6 Å².